The molecule has 11 heteroatoms. The number of carbonyl (C=O) groups is 1. The lowest BCUT2D eigenvalue weighted by atomic mass is 10.1. The SMILES string of the molecule is O=C(Nc1ccc(F)c([N+](=O)[O-])c1)c1cccc2c1OCCN2c1ncc(CO)cc1Cl. The van der Waals surface area contributed by atoms with Crippen LogP contribution in [0.25, 0.3) is 0 Å². The number of rotatable bonds is 5. The molecule has 0 fully saturated rings. The molecule has 0 saturated heterocycles. The standard InChI is InChI=1S/C21H16ClFN4O5/c22-15-8-12(11-28)10-24-20(15)26-6-7-32-19-14(2-1-3-17(19)26)21(29)25-13-4-5-16(23)18(9-13)27(30)31/h1-5,8-10,28H,6-7,11H2,(H,25,29). The van der Waals surface area contributed by atoms with Gasteiger partial charge in [0.05, 0.1) is 34.3 Å². The second kappa shape index (κ2) is 8.77. The van der Waals surface area contributed by atoms with Gasteiger partial charge in [-0.1, -0.05) is 17.7 Å². The number of hydrogen-bond acceptors (Lipinski definition) is 7. The van der Waals surface area contributed by atoms with Crippen LogP contribution in [0.15, 0.2) is 48.7 Å². The number of pyridine rings is 1. The molecule has 32 heavy (non-hydrogen) atoms. The first-order valence-electron chi connectivity index (χ1n) is 9.43. The number of amides is 1. The lowest BCUT2D eigenvalue weighted by molar-refractivity contribution is -0.387. The molecule has 2 N–H and O–H groups in total. The van der Waals surface area contributed by atoms with Crippen molar-refractivity contribution in [3.8, 4) is 5.75 Å². The van der Waals surface area contributed by atoms with Gasteiger partial charge in [-0.05, 0) is 35.9 Å². The summed E-state index contributed by atoms with van der Waals surface area (Å²) in [5, 5.41) is 23.1. The highest BCUT2D eigenvalue weighted by Crippen LogP contribution is 2.41. The molecule has 0 aliphatic carbocycles. The number of nitro benzene ring substituents is 1. The zero-order valence-electron chi connectivity index (χ0n) is 16.4. The van der Waals surface area contributed by atoms with E-state index in [0.29, 0.717) is 28.6 Å². The summed E-state index contributed by atoms with van der Waals surface area (Å²) in [6, 6.07) is 9.63. The molecule has 0 unspecified atom stereocenters. The highest BCUT2D eigenvalue weighted by molar-refractivity contribution is 6.33. The monoisotopic (exact) mass is 458 g/mol. The number of nitro groups is 1. The lowest BCUT2D eigenvalue weighted by Crippen LogP contribution is -2.31. The molecule has 2 heterocycles. The van der Waals surface area contributed by atoms with E-state index in [2.05, 4.69) is 10.3 Å². The molecule has 0 radical (unpaired) electrons. The van der Waals surface area contributed by atoms with Gasteiger partial charge in [0.15, 0.2) is 11.6 Å². The van der Waals surface area contributed by atoms with Crippen LogP contribution in [-0.2, 0) is 6.61 Å². The first-order chi connectivity index (χ1) is 15.4. The van der Waals surface area contributed by atoms with Gasteiger partial charge in [0.2, 0.25) is 5.82 Å². The number of aromatic nitrogens is 1. The molecule has 0 spiro atoms. The smallest absolute Gasteiger partial charge is 0.306 e. The number of fused-ring (bicyclic) bond motifs is 1. The zero-order valence-corrected chi connectivity index (χ0v) is 17.2. The van der Waals surface area contributed by atoms with Gasteiger partial charge < -0.3 is 20.1 Å². The van der Waals surface area contributed by atoms with Crippen LogP contribution in [0.1, 0.15) is 15.9 Å². The minimum absolute atomic E-state index is 0.0673. The third kappa shape index (κ3) is 4.05. The van der Waals surface area contributed by atoms with Gasteiger partial charge in [0, 0.05) is 18.0 Å². The fourth-order valence-electron chi connectivity index (χ4n) is 3.33. The van der Waals surface area contributed by atoms with Gasteiger partial charge >= 0.3 is 5.69 Å². The minimum Gasteiger partial charge on any atom is -0.489 e. The van der Waals surface area contributed by atoms with E-state index in [0.717, 1.165) is 12.1 Å². The quantitative estimate of drug-likeness (QED) is 0.437. The summed E-state index contributed by atoms with van der Waals surface area (Å²) in [5.41, 5.74) is 0.626. The Morgan fingerprint density at radius 3 is 2.88 bits per heavy atom. The first-order valence-corrected chi connectivity index (χ1v) is 9.80. The number of anilines is 3. The van der Waals surface area contributed by atoms with Gasteiger partial charge in [-0.2, -0.15) is 4.39 Å². The number of ether oxygens (including phenoxy) is 1. The maximum atomic E-state index is 13.6. The van der Waals surface area contributed by atoms with Gasteiger partial charge in [0.25, 0.3) is 5.91 Å². The number of hydrogen-bond donors (Lipinski definition) is 2. The normalized spacial score (nSPS) is 12.7. The van der Waals surface area contributed by atoms with Crippen LogP contribution in [0.5, 0.6) is 5.75 Å². The average Bonchev–Trinajstić information content (AvgIpc) is 2.79. The molecule has 4 rings (SSSR count). The van der Waals surface area contributed by atoms with E-state index in [1.807, 2.05) is 0 Å². The molecular formula is C21H16ClFN4O5. The number of carbonyl (C=O) groups excluding carboxylic acids is 1. The Hall–Kier alpha value is -3.76. The molecule has 1 amide bonds. The summed E-state index contributed by atoms with van der Waals surface area (Å²) < 4.78 is 19.3. The maximum absolute atomic E-state index is 13.6. The van der Waals surface area contributed by atoms with Crippen molar-refractivity contribution in [2.45, 2.75) is 6.61 Å². The fourth-order valence-corrected chi connectivity index (χ4v) is 3.62. The van der Waals surface area contributed by atoms with E-state index >= 15 is 0 Å². The van der Waals surface area contributed by atoms with E-state index in [9.17, 15) is 24.4 Å². The molecule has 0 bridgehead atoms. The number of benzene rings is 2. The number of para-hydroxylation sites is 1. The van der Waals surface area contributed by atoms with Crippen molar-refractivity contribution in [2.24, 2.45) is 0 Å². The molecule has 0 atom stereocenters. The summed E-state index contributed by atoms with van der Waals surface area (Å²) in [6.45, 7) is 0.477. The van der Waals surface area contributed by atoms with Crippen LogP contribution in [-0.4, -0.2) is 34.1 Å². The minimum atomic E-state index is -0.999. The number of aliphatic hydroxyl groups is 1. The van der Waals surface area contributed by atoms with Crippen molar-refractivity contribution < 1.29 is 24.0 Å². The second-order valence-corrected chi connectivity index (χ2v) is 7.25. The summed E-state index contributed by atoms with van der Waals surface area (Å²) in [5.74, 6) is -0.850. The van der Waals surface area contributed by atoms with Gasteiger partial charge in [-0.15, -0.1) is 0 Å². The van der Waals surface area contributed by atoms with Crippen molar-refractivity contribution in [1.82, 2.24) is 4.98 Å². The molecule has 2 aromatic carbocycles. The van der Waals surface area contributed by atoms with E-state index in [4.69, 9.17) is 16.3 Å². The Balaban J connectivity index is 1.67. The lowest BCUT2D eigenvalue weighted by Gasteiger charge is -2.32. The number of halogens is 2. The largest absolute Gasteiger partial charge is 0.489 e. The third-order valence-corrected chi connectivity index (χ3v) is 5.09. The van der Waals surface area contributed by atoms with Crippen molar-refractivity contribution >= 4 is 40.4 Å². The fraction of sp³-hybridized carbons (Fsp3) is 0.143. The average molecular weight is 459 g/mol. The van der Waals surface area contributed by atoms with Gasteiger partial charge in [-0.3, -0.25) is 14.9 Å². The van der Waals surface area contributed by atoms with E-state index in [1.54, 1.807) is 29.2 Å². The molecular weight excluding hydrogens is 443 g/mol. The van der Waals surface area contributed by atoms with Gasteiger partial charge in [-0.25, -0.2) is 4.98 Å². The Morgan fingerprint density at radius 1 is 1.34 bits per heavy atom. The Morgan fingerprint density at radius 2 is 2.16 bits per heavy atom. The molecule has 0 saturated carbocycles. The van der Waals surface area contributed by atoms with Crippen LogP contribution in [0, 0.1) is 15.9 Å². The van der Waals surface area contributed by atoms with E-state index in [-0.39, 0.29) is 30.2 Å². The Labute approximate surface area is 186 Å². The van der Waals surface area contributed by atoms with E-state index < -0.39 is 22.3 Å². The molecule has 3 aromatic rings. The zero-order chi connectivity index (χ0) is 22.8. The topological polar surface area (TPSA) is 118 Å². The number of aliphatic hydroxyl groups excluding tert-OH is 1. The number of nitrogens with one attached hydrogen (secondary N) is 1. The van der Waals surface area contributed by atoms with Crippen molar-refractivity contribution in [3.63, 3.8) is 0 Å². The van der Waals surface area contributed by atoms with Gasteiger partial charge in [0.1, 0.15) is 6.61 Å². The predicted molar refractivity (Wildman–Crippen MR) is 115 cm³/mol. The summed E-state index contributed by atoms with van der Waals surface area (Å²) in [6.07, 6.45) is 1.51. The third-order valence-electron chi connectivity index (χ3n) is 4.81. The molecule has 1 aliphatic rings. The molecule has 164 valence electrons. The van der Waals surface area contributed by atoms with Crippen LogP contribution in [0.2, 0.25) is 5.02 Å². The Bertz CT molecular complexity index is 1220. The van der Waals surface area contributed by atoms with Crippen LogP contribution in [0.4, 0.5) is 27.3 Å². The molecule has 1 aliphatic heterocycles. The van der Waals surface area contributed by atoms with Crippen molar-refractivity contribution in [1.29, 1.82) is 0 Å². The van der Waals surface area contributed by atoms with Crippen LogP contribution >= 0.6 is 11.6 Å². The maximum Gasteiger partial charge on any atom is 0.306 e. The number of nitrogens with zero attached hydrogens (tertiary/aromatic N) is 3. The summed E-state index contributed by atoms with van der Waals surface area (Å²) in [4.78, 5) is 29.1. The van der Waals surface area contributed by atoms with Crippen molar-refractivity contribution in [2.75, 3.05) is 23.4 Å². The van der Waals surface area contributed by atoms with Crippen molar-refractivity contribution in [3.05, 3.63) is 80.7 Å². The summed E-state index contributed by atoms with van der Waals surface area (Å²) in [7, 11) is 0. The second-order valence-electron chi connectivity index (χ2n) is 6.84. The molecule has 1 aromatic heterocycles. The first kappa shape index (κ1) is 21.5. The highest BCUT2D eigenvalue weighted by Gasteiger charge is 2.27. The predicted octanol–water partition coefficient (Wildman–Crippen LogP) is 4.06. The highest BCUT2D eigenvalue weighted by atomic mass is 35.5. The summed E-state index contributed by atoms with van der Waals surface area (Å²) >= 11 is 6.35. The molecule has 9 nitrogen and oxygen atoms in total. The van der Waals surface area contributed by atoms with E-state index in [1.165, 1.54) is 12.3 Å². The Kier molecular flexibility index (Phi) is 5.89. The van der Waals surface area contributed by atoms with Crippen LogP contribution < -0.4 is 15.0 Å². The van der Waals surface area contributed by atoms with Crippen LogP contribution in [0.3, 0.4) is 0 Å².